The number of carbonyl (C=O) groups excluding carboxylic acids is 4. The number of hydrogen-bond donors (Lipinski definition) is 1. The number of hydrogen-bond acceptors (Lipinski definition) is 9. The number of primary amides is 1. The lowest BCUT2D eigenvalue weighted by Gasteiger charge is -2.15. The van der Waals surface area contributed by atoms with Gasteiger partial charge in [0.05, 0.1) is 47.2 Å². The minimum atomic E-state index is -0.653. The molecule has 4 heterocycles. The monoisotopic (exact) mass is 925 g/mol. The van der Waals surface area contributed by atoms with Gasteiger partial charge in [0, 0.05) is 45.8 Å². The first-order valence-electron chi connectivity index (χ1n) is 22.6. The predicted octanol–water partition coefficient (Wildman–Crippen LogP) is 6.48. The van der Waals surface area contributed by atoms with Gasteiger partial charge in [0.1, 0.15) is 35.0 Å². The number of benzene rings is 3. The van der Waals surface area contributed by atoms with Gasteiger partial charge >= 0.3 is 5.97 Å². The third kappa shape index (κ3) is 9.84. The van der Waals surface area contributed by atoms with E-state index in [1.807, 2.05) is 95.0 Å². The molecule has 0 aliphatic rings. The molecule has 18 heteroatoms. The summed E-state index contributed by atoms with van der Waals surface area (Å²) in [5, 5.41) is 8.95. The summed E-state index contributed by atoms with van der Waals surface area (Å²) in [7, 11) is 5.18. The molecule has 0 saturated carbocycles. The number of methoxy groups -OCH3 is 1. The second-order valence-corrected chi connectivity index (χ2v) is 16.8. The lowest BCUT2D eigenvalue weighted by molar-refractivity contribution is 0.0499. The molecule has 4 aromatic heterocycles. The van der Waals surface area contributed by atoms with Crippen molar-refractivity contribution >= 4 is 45.8 Å². The average molecular weight is 926 g/mol. The molecule has 0 fully saturated rings. The highest BCUT2D eigenvalue weighted by Crippen LogP contribution is 2.30. The van der Waals surface area contributed by atoms with Crippen LogP contribution in [0.15, 0.2) is 87.9 Å². The lowest BCUT2D eigenvalue weighted by atomic mass is 10.1. The number of unbranched alkanes of at least 4 members (excludes halogenated alkanes) is 1. The van der Waals surface area contributed by atoms with Crippen molar-refractivity contribution in [3.05, 3.63) is 129 Å². The minimum Gasteiger partial charge on any atom is -0.497 e. The van der Waals surface area contributed by atoms with Crippen LogP contribution in [-0.4, -0.2) is 75.2 Å². The van der Waals surface area contributed by atoms with Crippen LogP contribution in [0, 0.1) is 13.8 Å². The molecule has 356 valence electrons. The van der Waals surface area contributed by atoms with Gasteiger partial charge < -0.3 is 38.2 Å². The van der Waals surface area contributed by atoms with E-state index in [1.165, 1.54) is 0 Å². The maximum absolute atomic E-state index is 14.1. The largest absolute Gasteiger partial charge is 0.497 e. The number of esters is 1. The molecule has 0 saturated heterocycles. The fourth-order valence-electron chi connectivity index (χ4n) is 8.11. The van der Waals surface area contributed by atoms with E-state index in [-0.39, 0.29) is 30.9 Å². The number of ether oxygens (including phenoxy) is 3. The van der Waals surface area contributed by atoms with Gasteiger partial charge in [-0.25, -0.2) is 4.79 Å². The van der Waals surface area contributed by atoms with Crippen LogP contribution in [-0.2, 0) is 51.6 Å². The summed E-state index contributed by atoms with van der Waals surface area (Å²) >= 11 is 0. The number of aryl methyl sites for hydroxylation is 6. The number of nitrogens with two attached hydrogens (primary N) is 1. The van der Waals surface area contributed by atoms with Gasteiger partial charge in [-0.3, -0.25) is 23.7 Å². The van der Waals surface area contributed by atoms with E-state index >= 15 is 0 Å². The zero-order valence-electron chi connectivity index (χ0n) is 40.4. The summed E-state index contributed by atoms with van der Waals surface area (Å²) in [5.74, 6) is -1.01. The quantitative estimate of drug-likeness (QED) is 0.0602. The molecule has 0 aliphatic carbocycles. The van der Waals surface area contributed by atoms with E-state index in [1.54, 1.807) is 69.1 Å². The van der Waals surface area contributed by atoms with E-state index in [0.717, 1.165) is 35.1 Å². The Morgan fingerprint density at radius 1 is 0.691 bits per heavy atom. The summed E-state index contributed by atoms with van der Waals surface area (Å²) in [6, 6.07) is 19.5. The van der Waals surface area contributed by atoms with E-state index in [4.69, 9.17) is 29.9 Å². The molecule has 0 radical (unpaired) electrons. The average Bonchev–Trinajstić information content (AvgIpc) is 4.05. The van der Waals surface area contributed by atoms with Gasteiger partial charge in [-0.1, -0.05) is 36.6 Å². The molecule has 0 atom stereocenters. The predicted molar refractivity (Wildman–Crippen MR) is 256 cm³/mol. The third-order valence-corrected chi connectivity index (χ3v) is 12.0. The highest BCUT2D eigenvalue weighted by Gasteiger charge is 2.23. The SMILES string of the molecule is CCCCOC(=O)c1ccc2c(c1)n(C)c(=NC(=O)c1cc(C)nn1CC)n2C/C(C)=C(\C)Cn1c(=NC(=O)c2cc(C)nn2CC)n(C)c2cc(C(N)=O)cc(OCc3ccc(OC)cc3)c21. The number of imidazole rings is 2. The Labute approximate surface area is 393 Å². The number of aromatic nitrogens is 8. The topological polar surface area (TPSA) is 202 Å². The van der Waals surface area contributed by atoms with Crippen LogP contribution < -0.4 is 26.4 Å². The van der Waals surface area contributed by atoms with Crippen LogP contribution in [0.3, 0.4) is 0 Å². The molecule has 18 nitrogen and oxygen atoms in total. The van der Waals surface area contributed by atoms with Crippen LogP contribution >= 0.6 is 0 Å². The minimum absolute atomic E-state index is 0.143. The van der Waals surface area contributed by atoms with Gasteiger partial charge in [0.25, 0.3) is 11.8 Å². The Hall–Kier alpha value is -7.76. The molecule has 68 heavy (non-hydrogen) atoms. The number of fused-ring (bicyclic) bond motifs is 2. The van der Waals surface area contributed by atoms with Gasteiger partial charge in [0.2, 0.25) is 17.1 Å². The van der Waals surface area contributed by atoms with Crippen molar-refractivity contribution in [2.24, 2.45) is 29.8 Å². The fraction of sp³-hybridized carbons (Fsp3) is 0.360. The maximum Gasteiger partial charge on any atom is 0.338 e. The molecule has 3 aromatic carbocycles. The summed E-state index contributed by atoms with van der Waals surface area (Å²) in [6.45, 7) is 15.4. The third-order valence-electron chi connectivity index (χ3n) is 12.0. The first-order valence-corrected chi connectivity index (χ1v) is 22.6. The second-order valence-electron chi connectivity index (χ2n) is 16.8. The zero-order valence-corrected chi connectivity index (χ0v) is 40.4. The summed E-state index contributed by atoms with van der Waals surface area (Å²) in [5.41, 5.74) is 14.3. The van der Waals surface area contributed by atoms with Crippen molar-refractivity contribution in [2.75, 3.05) is 13.7 Å². The number of allylic oxidation sites excluding steroid dienone is 2. The lowest BCUT2D eigenvalue weighted by Crippen LogP contribution is -2.28. The molecule has 0 aliphatic heterocycles. The zero-order chi connectivity index (χ0) is 49.0. The fourth-order valence-corrected chi connectivity index (χ4v) is 8.11. The standard InChI is InChI=1S/C50H59N11O7/c1-11-14-21-67-48(65)35-17-20-38-39(24-35)56(8)49(52-46(63)41-22-32(6)54-60(41)12-2)58(38)27-30(4)31(5)28-59-44-40(57(9)50(59)53-47(64)42-23-33(7)55-61(42)13-3)25-36(45(51)62)26-43(44)68-29-34-15-18-37(66-10)19-16-34/h15-20,22-26H,11-14,21,27-29H2,1-10H3,(H2,51,62)/b31-30+,52-49?,53-50?. The summed E-state index contributed by atoms with van der Waals surface area (Å²) in [4.78, 5) is 63.5. The molecule has 0 unspecified atom stereocenters. The van der Waals surface area contributed by atoms with E-state index < -0.39 is 23.7 Å². The number of carbonyl (C=O) groups is 4. The molecular weight excluding hydrogens is 867 g/mol. The summed E-state index contributed by atoms with van der Waals surface area (Å²) < 4.78 is 28.0. The van der Waals surface area contributed by atoms with Crippen LogP contribution in [0.1, 0.15) is 106 Å². The molecule has 0 bridgehead atoms. The van der Waals surface area contributed by atoms with Crippen LogP contribution in [0.5, 0.6) is 11.5 Å². The molecule has 3 amide bonds. The Morgan fingerprint density at radius 2 is 1.25 bits per heavy atom. The molecule has 0 spiro atoms. The Bertz CT molecular complexity index is 3260. The molecular formula is C50H59N11O7. The van der Waals surface area contributed by atoms with Crippen LogP contribution in [0.25, 0.3) is 22.1 Å². The van der Waals surface area contributed by atoms with Crippen molar-refractivity contribution in [1.82, 2.24) is 37.8 Å². The van der Waals surface area contributed by atoms with Crippen LogP contribution in [0.2, 0.25) is 0 Å². The first-order chi connectivity index (χ1) is 32.6. The molecule has 2 N–H and O–H groups in total. The van der Waals surface area contributed by atoms with E-state index in [2.05, 4.69) is 10.2 Å². The first kappa shape index (κ1) is 48.2. The molecule has 7 rings (SSSR count). The van der Waals surface area contributed by atoms with Crippen molar-refractivity contribution in [3.63, 3.8) is 0 Å². The number of rotatable bonds is 17. The Balaban J connectivity index is 1.39. The number of amides is 3. The van der Waals surface area contributed by atoms with Crippen LogP contribution in [0.4, 0.5) is 0 Å². The van der Waals surface area contributed by atoms with Gasteiger partial charge in [-0.05, 0) is 108 Å². The van der Waals surface area contributed by atoms with Gasteiger partial charge in [-0.2, -0.15) is 20.2 Å². The van der Waals surface area contributed by atoms with Crippen molar-refractivity contribution in [2.45, 2.75) is 94.1 Å². The van der Waals surface area contributed by atoms with Gasteiger partial charge in [0.15, 0.2) is 0 Å². The Kier molecular flexibility index (Phi) is 14.5. The van der Waals surface area contributed by atoms with E-state index in [0.29, 0.717) is 81.7 Å². The Morgan fingerprint density at radius 3 is 1.81 bits per heavy atom. The van der Waals surface area contributed by atoms with Crippen molar-refractivity contribution in [3.8, 4) is 11.5 Å². The van der Waals surface area contributed by atoms with Crippen molar-refractivity contribution < 1.29 is 33.4 Å². The van der Waals surface area contributed by atoms with Crippen molar-refractivity contribution in [1.29, 1.82) is 0 Å². The number of nitrogens with zero attached hydrogens (tertiary/aromatic N) is 10. The van der Waals surface area contributed by atoms with E-state index in [9.17, 15) is 19.2 Å². The maximum atomic E-state index is 14.1. The normalized spacial score (nSPS) is 12.6. The smallest absolute Gasteiger partial charge is 0.338 e. The highest BCUT2D eigenvalue weighted by atomic mass is 16.5. The molecule has 7 aromatic rings. The second kappa shape index (κ2) is 20.4. The summed E-state index contributed by atoms with van der Waals surface area (Å²) in [6.07, 6.45) is 1.64. The highest BCUT2D eigenvalue weighted by molar-refractivity contribution is 5.99. The van der Waals surface area contributed by atoms with Gasteiger partial charge in [-0.15, -0.1) is 0 Å².